The minimum Gasteiger partial charge on any atom is -0.375 e. The summed E-state index contributed by atoms with van der Waals surface area (Å²) in [6.07, 6.45) is 0.932. The first-order chi connectivity index (χ1) is 8.72. The maximum atomic E-state index is 12.2. The third-order valence-electron chi connectivity index (χ3n) is 3.62. The fraction of sp³-hybridized carbons (Fsp3) is 0.833. The van der Waals surface area contributed by atoms with Crippen molar-refractivity contribution in [3.63, 3.8) is 0 Å². The van der Waals surface area contributed by atoms with Crippen LogP contribution in [0.5, 0.6) is 0 Å². The summed E-state index contributed by atoms with van der Waals surface area (Å²) in [4.78, 5) is 27.4. The first-order valence-corrected chi connectivity index (χ1v) is 6.48. The quantitative estimate of drug-likeness (QED) is 0.696. The second-order valence-corrected chi connectivity index (χ2v) is 4.83. The van der Waals surface area contributed by atoms with Crippen molar-refractivity contribution in [1.29, 1.82) is 0 Å². The number of methoxy groups -OCH3 is 1. The van der Waals surface area contributed by atoms with Gasteiger partial charge in [-0.25, -0.2) is 0 Å². The van der Waals surface area contributed by atoms with E-state index in [1.165, 1.54) is 7.11 Å². The Morgan fingerprint density at radius 1 is 1.22 bits per heavy atom. The number of ether oxygens (including phenoxy) is 1. The molecule has 2 aliphatic heterocycles. The summed E-state index contributed by atoms with van der Waals surface area (Å²) >= 11 is 0. The van der Waals surface area contributed by atoms with E-state index in [4.69, 9.17) is 4.74 Å². The number of carbonyl (C=O) groups excluding carboxylic acids is 2. The van der Waals surface area contributed by atoms with E-state index in [2.05, 4.69) is 5.32 Å². The molecule has 2 rings (SSSR count). The van der Waals surface area contributed by atoms with Crippen molar-refractivity contribution in [3.8, 4) is 0 Å². The van der Waals surface area contributed by atoms with Gasteiger partial charge in [0, 0.05) is 39.8 Å². The van der Waals surface area contributed by atoms with Gasteiger partial charge in [-0.05, 0) is 13.0 Å². The van der Waals surface area contributed by atoms with Gasteiger partial charge in [-0.15, -0.1) is 0 Å². The molecule has 0 saturated carbocycles. The Morgan fingerprint density at radius 2 is 1.89 bits per heavy atom. The number of hydrogen-bond acceptors (Lipinski definition) is 4. The molecule has 2 aliphatic rings. The fourth-order valence-corrected chi connectivity index (χ4v) is 2.51. The lowest BCUT2D eigenvalue weighted by Crippen LogP contribution is -2.52. The Labute approximate surface area is 107 Å². The molecule has 2 fully saturated rings. The Hall–Kier alpha value is -1.14. The summed E-state index contributed by atoms with van der Waals surface area (Å²) in [7, 11) is 1.52. The number of nitrogens with one attached hydrogen (secondary N) is 1. The van der Waals surface area contributed by atoms with Crippen LogP contribution in [0.15, 0.2) is 0 Å². The molecule has 6 heteroatoms. The molecule has 2 saturated heterocycles. The van der Waals surface area contributed by atoms with E-state index >= 15 is 0 Å². The lowest BCUT2D eigenvalue weighted by molar-refractivity contribution is -0.143. The Bertz CT molecular complexity index is 308. The van der Waals surface area contributed by atoms with E-state index < -0.39 is 0 Å². The van der Waals surface area contributed by atoms with Crippen LogP contribution in [-0.2, 0) is 14.3 Å². The molecule has 0 spiro atoms. The van der Waals surface area contributed by atoms with Crippen LogP contribution in [0.2, 0.25) is 0 Å². The van der Waals surface area contributed by atoms with Crippen LogP contribution in [-0.4, -0.2) is 74.6 Å². The minimum absolute atomic E-state index is 0.00660. The average molecular weight is 255 g/mol. The van der Waals surface area contributed by atoms with Gasteiger partial charge >= 0.3 is 0 Å². The van der Waals surface area contributed by atoms with Crippen LogP contribution in [0.3, 0.4) is 0 Å². The molecule has 0 aliphatic carbocycles. The zero-order chi connectivity index (χ0) is 13.0. The molecule has 2 heterocycles. The molecule has 1 N–H and O–H groups in total. The minimum atomic E-state index is 0.00660. The predicted octanol–water partition coefficient (Wildman–Crippen LogP) is -1.09. The fourth-order valence-electron chi connectivity index (χ4n) is 2.51. The summed E-state index contributed by atoms with van der Waals surface area (Å²) in [6.45, 7) is 4.38. The van der Waals surface area contributed by atoms with Crippen LogP contribution in [0.1, 0.15) is 6.42 Å². The van der Waals surface area contributed by atoms with Gasteiger partial charge in [0.1, 0.15) is 6.61 Å². The highest BCUT2D eigenvalue weighted by atomic mass is 16.5. The molecular formula is C12H21N3O3. The van der Waals surface area contributed by atoms with Gasteiger partial charge in [0.15, 0.2) is 0 Å². The van der Waals surface area contributed by atoms with Crippen molar-refractivity contribution in [2.75, 3.05) is 53.0 Å². The van der Waals surface area contributed by atoms with E-state index in [-0.39, 0.29) is 24.3 Å². The first-order valence-electron chi connectivity index (χ1n) is 6.48. The zero-order valence-electron chi connectivity index (χ0n) is 10.9. The lowest BCUT2D eigenvalue weighted by atomic mass is 10.1. The van der Waals surface area contributed by atoms with Crippen molar-refractivity contribution in [1.82, 2.24) is 15.1 Å². The number of piperazine rings is 1. The van der Waals surface area contributed by atoms with Gasteiger partial charge in [-0.1, -0.05) is 0 Å². The maximum absolute atomic E-state index is 12.2. The van der Waals surface area contributed by atoms with E-state index in [9.17, 15) is 9.59 Å². The molecule has 1 atom stereocenters. The summed E-state index contributed by atoms with van der Waals surface area (Å²) in [5.74, 6) is 0.372. The molecule has 0 aromatic carbocycles. The van der Waals surface area contributed by atoms with Crippen molar-refractivity contribution in [2.24, 2.45) is 5.92 Å². The zero-order valence-corrected chi connectivity index (χ0v) is 10.9. The van der Waals surface area contributed by atoms with Crippen LogP contribution in [0.4, 0.5) is 0 Å². The van der Waals surface area contributed by atoms with Crippen LogP contribution in [0.25, 0.3) is 0 Å². The van der Waals surface area contributed by atoms with Crippen LogP contribution >= 0.6 is 0 Å². The summed E-state index contributed by atoms with van der Waals surface area (Å²) in [5.41, 5.74) is 0. The molecule has 0 bridgehead atoms. The molecular weight excluding hydrogens is 234 g/mol. The number of carbonyl (C=O) groups is 2. The lowest BCUT2D eigenvalue weighted by Gasteiger charge is -2.35. The molecule has 6 nitrogen and oxygen atoms in total. The van der Waals surface area contributed by atoms with Crippen molar-refractivity contribution in [2.45, 2.75) is 6.42 Å². The highest BCUT2D eigenvalue weighted by Crippen LogP contribution is 2.13. The second-order valence-electron chi connectivity index (χ2n) is 4.83. The van der Waals surface area contributed by atoms with Gasteiger partial charge in [0.05, 0.1) is 5.92 Å². The summed E-state index contributed by atoms with van der Waals surface area (Å²) in [6, 6.07) is 0. The molecule has 0 aromatic rings. The first kappa shape index (κ1) is 13.3. The van der Waals surface area contributed by atoms with E-state index in [0.717, 1.165) is 19.5 Å². The standard InChI is InChI=1S/C12H21N3O3/c1-18-9-11(16)14-4-6-15(7-5-14)12(17)10-2-3-13-8-10/h10,13H,2-9H2,1H3. The molecule has 18 heavy (non-hydrogen) atoms. The Morgan fingerprint density at radius 3 is 2.44 bits per heavy atom. The molecule has 102 valence electrons. The molecule has 0 aromatic heterocycles. The van der Waals surface area contributed by atoms with Gasteiger partial charge < -0.3 is 19.9 Å². The molecule has 2 amide bonds. The monoisotopic (exact) mass is 255 g/mol. The van der Waals surface area contributed by atoms with E-state index in [1.807, 2.05) is 4.90 Å². The third-order valence-corrected chi connectivity index (χ3v) is 3.62. The number of amides is 2. The van der Waals surface area contributed by atoms with Gasteiger partial charge in [0.2, 0.25) is 11.8 Å². The average Bonchev–Trinajstić information content (AvgIpc) is 2.92. The maximum Gasteiger partial charge on any atom is 0.248 e. The predicted molar refractivity (Wildman–Crippen MR) is 66.0 cm³/mol. The number of nitrogens with zero attached hydrogens (tertiary/aromatic N) is 2. The van der Waals surface area contributed by atoms with E-state index in [1.54, 1.807) is 4.90 Å². The van der Waals surface area contributed by atoms with Crippen LogP contribution in [0, 0.1) is 5.92 Å². The SMILES string of the molecule is COCC(=O)N1CCN(C(=O)C2CCNC2)CC1. The van der Waals surface area contributed by atoms with Crippen molar-refractivity contribution < 1.29 is 14.3 Å². The van der Waals surface area contributed by atoms with Gasteiger partial charge in [0.25, 0.3) is 0 Å². The molecule has 1 unspecified atom stereocenters. The van der Waals surface area contributed by atoms with Crippen molar-refractivity contribution >= 4 is 11.8 Å². The smallest absolute Gasteiger partial charge is 0.248 e. The number of hydrogen-bond donors (Lipinski definition) is 1. The topological polar surface area (TPSA) is 61.9 Å². The Kier molecular flexibility index (Phi) is 4.54. The van der Waals surface area contributed by atoms with Gasteiger partial charge in [-0.2, -0.15) is 0 Å². The highest BCUT2D eigenvalue weighted by molar-refractivity contribution is 5.80. The van der Waals surface area contributed by atoms with Crippen molar-refractivity contribution in [3.05, 3.63) is 0 Å². The Balaban J connectivity index is 1.79. The summed E-state index contributed by atoms with van der Waals surface area (Å²) in [5, 5.41) is 3.21. The third kappa shape index (κ3) is 3.00. The largest absolute Gasteiger partial charge is 0.375 e. The summed E-state index contributed by atoms with van der Waals surface area (Å²) < 4.78 is 4.83. The van der Waals surface area contributed by atoms with Gasteiger partial charge in [-0.3, -0.25) is 9.59 Å². The van der Waals surface area contributed by atoms with Crippen LogP contribution < -0.4 is 5.32 Å². The normalized spacial score (nSPS) is 24.4. The molecule has 0 radical (unpaired) electrons. The van der Waals surface area contributed by atoms with E-state index in [0.29, 0.717) is 26.2 Å². The second kappa shape index (κ2) is 6.15. The number of rotatable bonds is 3. The highest BCUT2D eigenvalue weighted by Gasteiger charge is 2.30.